The van der Waals surface area contributed by atoms with Crippen molar-refractivity contribution in [2.45, 2.75) is 37.3 Å². The monoisotopic (exact) mass is 248 g/mol. The lowest BCUT2D eigenvalue weighted by molar-refractivity contribution is -0.124. The normalized spacial score (nSPS) is 18.8. The molecule has 1 amide bonds. The van der Waals surface area contributed by atoms with Gasteiger partial charge in [-0.15, -0.1) is 0 Å². The predicted octanol–water partition coefficient (Wildman–Crippen LogP) is 0.588. The molecule has 0 aliphatic heterocycles. The molecule has 0 aromatic heterocycles. The number of benzene rings is 1. The molecular formula is C14H20N2O2. The summed E-state index contributed by atoms with van der Waals surface area (Å²) < 4.78 is 0. The molecule has 0 spiro atoms. The van der Waals surface area contributed by atoms with Crippen molar-refractivity contribution in [1.29, 1.82) is 0 Å². The van der Waals surface area contributed by atoms with Crippen LogP contribution < -0.4 is 11.1 Å². The molecule has 0 bridgehead atoms. The largest absolute Gasteiger partial charge is 0.388 e. The van der Waals surface area contributed by atoms with E-state index in [2.05, 4.69) is 5.32 Å². The number of carbonyl (C=O) groups excluding carboxylic acids is 1. The lowest BCUT2D eigenvalue weighted by Gasteiger charge is -2.36. The molecule has 1 atom stereocenters. The van der Waals surface area contributed by atoms with E-state index in [1.165, 1.54) is 0 Å². The smallest absolute Gasteiger partial charge is 0.237 e. The van der Waals surface area contributed by atoms with Gasteiger partial charge in [0.05, 0.1) is 11.6 Å². The third kappa shape index (κ3) is 3.31. The zero-order chi connectivity index (χ0) is 13.0. The van der Waals surface area contributed by atoms with E-state index in [9.17, 15) is 9.90 Å². The van der Waals surface area contributed by atoms with Crippen LogP contribution in [0, 0.1) is 0 Å². The van der Waals surface area contributed by atoms with Crippen LogP contribution in [0.15, 0.2) is 30.3 Å². The average Bonchev–Trinajstić information content (AvgIpc) is 2.34. The molecule has 1 fully saturated rings. The first-order chi connectivity index (χ1) is 8.59. The number of nitrogens with two attached hydrogens (primary N) is 1. The van der Waals surface area contributed by atoms with Crippen LogP contribution in [0.5, 0.6) is 0 Å². The summed E-state index contributed by atoms with van der Waals surface area (Å²) in [7, 11) is 0. The van der Waals surface area contributed by atoms with Crippen LogP contribution in [-0.4, -0.2) is 29.2 Å². The van der Waals surface area contributed by atoms with Crippen LogP contribution in [0.3, 0.4) is 0 Å². The molecule has 0 heterocycles. The zero-order valence-electron chi connectivity index (χ0n) is 10.4. The molecule has 2 rings (SSSR count). The van der Waals surface area contributed by atoms with Crippen molar-refractivity contribution >= 4 is 5.91 Å². The molecule has 0 saturated heterocycles. The predicted molar refractivity (Wildman–Crippen MR) is 69.9 cm³/mol. The Labute approximate surface area is 107 Å². The maximum atomic E-state index is 11.8. The second-order valence-electron chi connectivity index (χ2n) is 5.09. The Balaban J connectivity index is 1.78. The summed E-state index contributed by atoms with van der Waals surface area (Å²) in [5.74, 6) is -0.195. The molecule has 1 aliphatic rings. The summed E-state index contributed by atoms with van der Waals surface area (Å²) in [4.78, 5) is 11.8. The molecule has 1 saturated carbocycles. The highest BCUT2D eigenvalue weighted by molar-refractivity contribution is 5.81. The van der Waals surface area contributed by atoms with Gasteiger partial charge in [0.15, 0.2) is 0 Å². The van der Waals surface area contributed by atoms with Gasteiger partial charge >= 0.3 is 0 Å². The van der Waals surface area contributed by atoms with Crippen molar-refractivity contribution in [2.24, 2.45) is 5.73 Å². The van der Waals surface area contributed by atoms with E-state index in [0.29, 0.717) is 13.0 Å². The van der Waals surface area contributed by atoms with Gasteiger partial charge in [-0.25, -0.2) is 0 Å². The van der Waals surface area contributed by atoms with Gasteiger partial charge in [-0.05, 0) is 31.2 Å². The Morgan fingerprint density at radius 1 is 1.39 bits per heavy atom. The highest BCUT2D eigenvalue weighted by atomic mass is 16.3. The van der Waals surface area contributed by atoms with Crippen molar-refractivity contribution < 1.29 is 9.90 Å². The number of carbonyl (C=O) groups is 1. The van der Waals surface area contributed by atoms with Crippen molar-refractivity contribution in [3.63, 3.8) is 0 Å². The quantitative estimate of drug-likeness (QED) is 0.714. The molecule has 4 N–H and O–H groups in total. The molecule has 1 aromatic carbocycles. The minimum absolute atomic E-state index is 0.195. The van der Waals surface area contributed by atoms with Crippen LogP contribution in [0.2, 0.25) is 0 Å². The number of nitrogens with one attached hydrogen (secondary N) is 1. The van der Waals surface area contributed by atoms with Gasteiger partial charge in [0, 0.05) is 6.54 Å². The van der Waals surface area contributed by atoms with Gasteiger partial charge in [-0.2, -0.15) is 0 Å². The van der Waals surface area contributed by atoms with E-state index in [1.807, 2.05) is 30.3 Å². The standard InChI is InChI=1S/C14H20N2O2/c15-12(9-11-5-2-1-3-6-11)13(17)16-10-14(18)7-4-8-14/h1-3,5-6,12,18H,4,7-10,15H2,(H,16,17)/t12-/m1/s1. The van der Waals surface area contributed by atoms with E-state index in [1.54, 1.807) is 0 Å². The fraction of sp³-hybridized carbons (Fsp3) is 0.500. The second kappa shape index (κ2) is 5.50. The number of hydrogen-bond acceptors (Lipinski definition) is 3. The van der Waals surface area contributed by atoms with Crippen LogP contribution in [0.1, 0.15) is 24.8 Å². The number of amides is 1. The Morgan fingerprint density at radius 3 is 2.61 bits per heavy atom. The Hall–Kier alpha value is -1.39. The number of rotatable bonds is 5. The highest BCUT2D eigenvalue weighted by Gasteiger charge is 2.34. The van der Waals surface area contributed by atoms with Gasteiger partial charge in [0.25, 0.3) is 0 Å². The van der Waals surface area contributed by atoms with Crippen LogP contribution in [-0.2, 0) is 11.2 Å². The molecule has 1 aromatic rings. The summed E-state index contributed by atoms with van der Waals surface area (Å²) in [6.07, 6.45) is 3.08. The maximum Gasteiger partial charge on any atom is 0.237 e. The molecule has 4 heteroatoms. The zero-order valence-corrected chi connectivity index (χ0v) is 10.4. The molecule has 18 heavy (non-hydrogen) atoms. The summed E-state index contributed by atoms with van der Waals surface area (Å²) in [6.45, 7) is 0.314. The molecule has 4 nitrogen and oxygen atoms in total. The van der Waals surface area contributed by atoms with Crippen LogP contribution in [0.25, 0.3) is 0 Å². The molecular weight excluding hydrogens is 228 g/mol. The highest BCUT2D eigenvalue weighted by Crippen LogP contribution is 2.30. The van der Waals surface area contributed by atoms with Crippen molar-refractivity contribution in [3.8, 4) is 0 Å². The topological polar surface area (TPSA) is 75.4 Å². The maximum absolute atomic E-state index is 11.8. The third-order valence-electron chi connectivity index (χ3n) is 3.51. The van der Waals surface area contributed by atoms with E-state index in [0.717, 1.165) is 24.8 Å². The minimum atomic E-state index is -0.692. The Kier molecular flexibility index (Phi) is 3.99. The SMILES string of the molecule is N[C@H](Cc1ccccc1)C(=O)NCC1(O)CCC1. The average molecular weight is 248 g/mol. The van der Waals surface area contributed by atoms with E-state index in [4.69, 9.17) is 5.73 Å². The first-order valence-electron chi connectivity index (χ1n) is 6.39. The van der Waals surface area contributed by atoms with E-state index >= 15 is 0 Å². The first kappa shape index (κ1) is 13.1. The van der Waals surface area contributed by atoms with Gasteiger partial charge in [-0.3, -0.25) is 4.79 Å². The van der Waals surface area contributed by atoms with Gasteiger partial charge in [0.1, 0.15) is 0 Å². The summed E-state index contributed by atoms with van der Waals surface area (Å²) in [5.41, 5.74) is 6.20. The lowest BCUT2D eigenvalue weighted by atomic mass is 9.80. The molecule has 0 unspecified atom stereocenters. The van der Waals surface area contributed by atoms with Crippen LogP contribution >= 0.6 is 0 Å². The molecule has 98 valence electrons. The van der Waals surface area contributed by atoms with E-state index in [-0.39, 0.29) is 5.91 Å². The summed E-state index contributed by atoms with van der Waals surface area (Å²) >= 11 is 0. The van der Waals surface area contributed by atoms with E-state index < -0.39 is 11.6 Å². The summed E-state index contributed by atoms with van der Waals surface area (Å²) in [6, 6.07) is 9.13. The van der Waals surface area contributed by atoms with Gasteiger partial charge in [0.2, 0.25) is 5.91 Å². The van der Waals surface area contributed by atoms with Gasteiger partial charge < -0.3 is 16.2 Å². The van der Waals surface area contributed by atoms with Crippen molar-refractivity contribution in [2.75, 3.05) is 6.54 Å². The van der Waals surface area contributed by atoms with Crippen LogP contribution in [0.4, 0.5) is 0 Å². The first-order valence-corrected chi connectivity index (χ1v) is 6.39. The number of aliphatic hydroxyl groups is 1. The fourth-order valence-corrected chi connectivity index (χ4v) is 2.11. The minimum Gasteiger partial charge on any atom is -0.388 e. The molecule has 0 radical (unpaired) electrons. The van der Waals surface area contributed by atoms with Crippen molar-refractivity contribution in [3.05, 3.63) is 35.9 Å². The van der Waals surface area contributed by atoms with Gasteiger partial charge in [-0.1, -0.05) is 30.3 Å². The second-order valence-corrected chi connectivity index (χ2v) is 5.09. The third-order valence-corrected chi connectivity index (χ3v) is 3.51. The lowest BCUT2D eigenvalue weighted by Crippen LogP contribution is -2.51. The van der Waals surface area contributed by atoms with Crippen molar-refractivity contribution in [1.82, 2.24) is 5.32 Å². The Morgan fingerprint density at radius 2 is 2.06 bits per heavy atom. The number of hydrogen-bond donors (Lipinski definition) is 3. The fourth-order valence-electron chi connectivity index (χ4n) is 2.11. The molecule has 1 aliphatic carbocycles. The Bertz CT molecular complexity index is 402. The summed E-state index contributed by atoms with van der Waals surface area (Å²) in [5, 5.41) is 12.6.